The molecule has 102 valence electrons. The number of aliphatic carboxylic acids is 1. The van der Waals surface area contributed by atoms with Gasteiger partial charge in [-0.3, -0.25) is 4.79 Å². The minimum absolute atomic E-state index is 0.0333. The Morgan fingerprint density at radius 1 is 1.42 bits per heavy atom. The number of benzene rings is 1. The number of carbonyl (C=O) groups is 1. The van der Waals surface area contributed by atoms with Gasteiger partial charge in [0.1, 0.15) is 11.9 Å². The van der Waals surface area contributed by atoms with Gasteiger partial charge in [0.05, 0.1) is 5.41 Å². The first-order valence-electron chi connectivity index (χ1n) is 7.09. The van der Waals surface area contributed by atoms with Crippen LogP contribution in [0.3, 0.4) is 0 Å². The summed E-state index contributed by atoms with van der Waals surface area (Å²) >= 11 is 0. The topological polar surface area (TPSA) is 46.5 Å². The predicted molar refractivity (Wildman–Crippen MR) is 72.5 cm³/mol. The number of carboxylic acid groups (broad SMARTS) is 1. The van der Waals surface area contributed by atoms with E-state index in [0.29, 0.717) is 6.42 Å². The predicted octanol–water partition coefficient (Wildman–Crippen LogP) is 3.33. The SMILES string of the molecule is Cc1ccc2c(c1)CC(CC1(C(=O)O)CCCC1)O2. The fraction of sp³-hybridized carbons (Fsp3) is 0.562. The van der Waals surface area contributed by atoms with E-state index in [2.05, 4.69) is 13.0 Å². The standard InChI is InChI=1S/C16H20O3/c1-11-4-5-14-12(8-11)9-13(19-14)10-16(15(17)18)6-2-3-7-16/h4-5,8,13H,2-3,6-7,9-10H2,1H3,(H,17,18). The molecule has 1 heterocycles. The number of aryl methyl sites for hydroxylation is 1. The molecular weight excluding hydrogens is 240 g/mol. The molecule has 1 aromatic rings. The van der Waals surface area contributed by atoms with E-state index in [4.69, 9.17) is 4.74 Å². The molecular formula is C16H20O3. The van der Waals surface area contributed by atoms with Crippen molar-refractivity contribution in [3.05, 3.63) is 29.3 Å². The van der Waals surface area contributed by atoms with Crippen LogP contribution in [0.5, 0.6) is 5.75 Å². The molecule has 1 fully saturated rings. The largest absolute Gasteiger partial charge is 0.490 e. The van der Waals surface area contributed by atoms with E-state index in [1.165, 1.54) is 11.1 Å². The molecule has 1 saturated carbocycles. The molecule has 0 aromatic heterocycles. The molecule has 1 aromatic carbocycles. The highest BCUT2D eigenvalue weighted by molar-refractivity contribution is 5.75. The Kier molecular flexibility index (Phi) is 3.00. The maximum atomic E-state index is 11.6. The fourth-order valence-electron chi connectivity index (χ4n) is 3.56. The summed E-state index contributed by atoms with van der Waals surface area (Å²) in [5.74, 6) is 0.301. The minimum Gasteiger partial charge on any atom is -0.490 e. The Balaban J connectivity index is 1.74. The second-order valence-electron chi connectivity index (χ2n) is 6.05. The number of ether oxygens (including phenoxy) is 1. The van der Waals surface area contributed by atoms with Gasteiger partial charge in [0, 0.05) is 12.8 Å². The molecule has 0 spiro atoms. The van der Waals surface area contributed by atoms with Crippen molar-refractivity contribution in [2.45, 2.75) is 51.6 Å². The quantitative estimate of drug-likeness (QED) is 0.906. The summed E-state index contributed by atoms with van der Waals surface area (Å²) in [4.78, 5) is 11.6. The average Bonchev–Trinajstić information content (AvgIpc) is 2.96. The van der Waals surface area contributed by atoms with E-state index in [0.717, 1.165) is 37.9 Å². The van der Waals surface area contributed by atoms with Gasteiger partial charge < -0.3 is 9.84 Å². The molecule has 1 N–H and O–H groups in total. The molecule has 1 atom stereocenters. The molecule has 1 unspecified atom stereocenters. The van der Waals surface area contributed by atoms with Crippen molar-refractivity contribution in [1.82, 2.24) is 0 Å². The molecule has 19 heavy (non-hydrogen) atoms. The molecule has 3 nitrogen and oxygen atoms in total. The average molecular weight is 260 g/mol. The van der Waals surface area contributed by atoms with Gasteiger partial charge in [-0.15, -0.1) is 0 Å². The highest BCUT2D eigenvalue weighted by Gasteiger charge is 2.44. The van der Waals surface area contributed by atoms with Crippen LogP contribution in [-0.2, 0) is 11.2 Å². The van der Waals surface area contributed by atoms with Crippen molar-refractivity contribution in [1.29, 1.82) is 0 Å². The molecule has 3 heteroatoms. The van der Waals surface area contributed by atoms with Crippen LogP contribution in [0.15, 0.2) is 18.2 Å². The summed E-state index contributed by atoms with van der Waals surface area (Å²) in [5, 5.41) is 9.53. The lowest BCUT2D eigenvalue weighted by molar-refractivity contribution is -0.150. The summed E-state index contributed by atoms with van der Waals surface area (Å²) in [7, 11) is 0. The molecule has 1 aliphatic carbocycles. The minimum atomic E-state index is -0.638. The van der Waals surface area contributed by atoms with Crippen molar-refractivity contribution >= 4 is 5.97 Å². The van der Waals surface area contributed by atoms with Gasteiger partial charge >= 0.3 is 5.97 Å². The van der Waals surface area contributed by atoms with E-state index >= 15 is 0 Å². The summed E-state index contributed by atoms with van der Waals surface area (Å²) in [6, 6.07) is 6.20. The van der Waals surface area contributed by atoms with Gasteiger partial charge in [0.15, 0.2) is 0 Å². The van der Waals surface area contributed by atoms with Crippen LogP contribution < -0.4 is 4.74 Å². The summed E-state index contributed by atoms with van der Waals surface area (Å²) in [6.07, 6.45) is 5.21. The first kappa shape index (κ1) is 12.5. The summed E-state index contributed by atoms with van der Waals surface area (Å²) in [5.41, 5.74) is 1.92. The molecule has 0 amide bonds. The Hall–Kier alpha value is -1.51. The third-order valence-electron chi connectivity index (χ3n) is 4.59. The zero-order valence-electron chi connectivity index (χ0n) is 11.3. The van der Waals surface area contributed by atoms with Gasteiger partial charge in [-0.05, 0) is 31.4 Å². The third-order valence-corrected chi connectivity index (χ3v) is 4.59. The lowest BCUT2D eigenvalue weighted by atomic mass is 9.80. The Morgan fingerprint density at radius 3 is 2.84 bits per heavy atom. The van der Waals surface area contributed by atoms with Crippen LogP contribution in [0.4, 0.5) is 0 Å². The summed E-state index contributed by atoms with van der Waals surface area (Å²) < 4.78 is 5.94. The Labute approximate surface area is 113 Å². The lowest BCUT2D eigenvalue weighted by Gasteiger charge is -2.26. The smallest absolute Gasteiger partial charge is 0.309 e. The van der Waals surface area contributed by atoms with Crippen LogP contribution in [-0.4, -0.2) is 17.2 Å². The van der Waals surface area contributed by atoms with Crippen LogP contribution >= 0.6 is 0 Å². The number of rotatable bonds is 3. The summed E-state index contributed by atoms with van der Waals surface area (Å²) in [6.45, 7) is 2.07. The van der Waals surface area contributed by atoms with Crippen molar-refractivity contribution in [2.75, 3.05) is 0 Å². The van der Waals surface area contributed by atoms with Crippen molar-refractivity contribution in [3.63, 3.8) is 0 Å². The molecule has 2 aliphatic rings. The van der Waals surface area contributed by atoms with Gasteiger partial charge in [-0.25, -0.2) is 0 Å². The number of hydrogen-bond donors (Lipinski definition) is 1. The molecule has 0 radical (unpaired) electrons. The number of hydrogen-bond acceptors (Lipinski definition) is 2. The van der Waals surface area contributed by atoms with Crippen molar-refractivity contribution in [3.8, 4) is 5.75 Å². The maximum Gasteiger partial charge on any atom is 0.309 e. The molecule has 0 bridgehead atoms. The normalized spacial score (nSPS) is 23.9. The second-order valence-corrected chi connectivity index (χ2v) is 6.05. The van der Waals surface area contributed by atoms with Crippen molar-refractivity contribution in [2.24, 2.45) is 5.41 Å². The van der Waals surface area contributed by atoms with Crippen molar-refractivity contribution < 1.29 is 14.6 Å². The van der Waals surface area contributed by atoms with Crippen LogP contribution in [0.2, 0.25) is 0 Å². The molecule has 1 aliphatic heterocycles. The molecule has 3 rings (SSSR count). The van der Waals surface area contributed by atoms with E-state index in [1.807, 2.05) is 12.1 Å². The first-order valence-corrected chi connectivity index (χ1v) is 7.09. The Morgan fingerprint density at radius 2 is 2.16 bits per heavy atom. The highest BCUT2D eigenvalue weighted by Crippen LogP contribution is 2.44. The highest BCUT2D eigenvalue weighted by atomic mass is 16.5. The maximum absolute atomic E-state index is 11.6. The van der Waals surface area contributed by atoms with Gasteiger partial charge in [-0.1, -0.05) is 30.5 Å². The zero-order chi connectivity index (χ0) is 13.5. The van der Waals surface area contributed by atoms with E-state index in [1.54, 1.807) is 0 Å². The first-order chi connectivity index (χ1) is 9.09. The second kappa shape index (κ2) is 4.55. The van der Waals surface area contributed by atoms with E-state index in [9.17, 15) is 9.90 Å². The lowest BCUT2D eigenvalue weighted by Crippen LogP contribution is -2.33. The van der Waals surface area contributed by atoms with E-state index < -0.39 is 11.4 Å². The number of fused-ring (bicyclic) bond motifs is 1. The Bertz CT molecular complexity index is 501. The van der Waals surface area contributed by atoms with Crippen LogP contribution in [0, 0.1) is 12.3 Å². The third kappa shape index (κ3) is 2.22. The van der Waals surface area contributed by atoms with Gasteiger partial charge in [0.2, 0.25) is 0 Å². The van der Waals surface area contributed by atoms with Gasteiger partial charge in [-0.2, -0.15) is 0 Å². The molecule has 0 saturated heterocycles. The fourth-order valence-corrected chi connectivity index (χ4v) is 3.56. The van der Waals surface area contributed by atoms with Crippen LogP contribution in [0.1, 0.15) is 43.2 Å². The number of carboxylic acids is 1. The van der Waals surface area contributed by atoms with Crippen LogP contribution in [0.25, 0.3) is 0 Å². The van der Waals surface area contributed by atoms with E-state index in [-0.39, 0.29) is 6.10 Å². The van der Waals surface area contributed by atoms with Gasteiger partial charge in [0.25, 0.3) is 0 Å². The zero-order valence-corrected chi connectivity index (χ0v) is 11.3. The monoisotopic (exact) mass is 260 g/mol.